The quantitative estimate of drug-likeness (QED) is 0.536. The summed E-state index contributed by atoms with van der Waals surface area (Å²) in [7, 11) is 1.60. The molecule has 0 radical (unpaired) electrons. The Bertz CT molecular complexity index is 846. The summed E-state index contributed by atoms with van der Waals surface area (Å²) in [5.74, 6) is 2.93. The second kappa shape index (κ2) is 11.6. The van der Waals surface area contributed by atoms with Crippen LogP contribution in [0.5, 0.6) is 5.75 Å². The number of amides is 1. The topological polar surface area (TPSA) is 63.9 Å². The van der Waals surface area contributed by atoms with E-state index in [2.05, 4.69) is 23.2 Å². The van der Waals surface area contributed by atoms with Gasteiger partial charge in [-0.15, -0.1) is 0 Å². The van der Waals surface area contributed by atoms with E-state index in [0.29, 0.717) is 35.4 Å². The molecule has 1 N–H and O–H groups in total. The van der Waals surface area contributed by atoms with E-state index in [9.17, 15) is 4.79 Å². The number of carbonyl (C=O) groups excluding carboxylic acids is 1. The van der Waals surface area contributed by atoms with Crippen LogP contribution >= 0.6 is 11.6 Å². The summed E-state index contributed by atoms with van der Waals surface area (Å²) in [5, 5.41) is 3.25. The second-order valence-electron chi connectivity index (χ2n) is 8.19. The molecular weight excluding hydrogens is 416 g/mol. The third-order valence-electron chi connectivity index (χ3n) is 5.74. The van der Waals surface area contributed by atoms with Crippen LogP contribution in [-0.2, 0) is 4.74 Å². The van der Waals surface area contributed by atoms with Crippen LogP contribution in [0.4, 0.5) is 0 Å². The first-order valence-electron chi connectivity index (χ1n) is 11.0. The first-order chi connectivity index (χ1) is 15.0. The minimum Gasteiger partial charge on any atom is -0.489 e. The molecule has 170 valence electrons. The predicted molar refractivity (Wildman–Crippen MR) is 122 cm³/mol. The number of nitrogens with zero attached hydrogens (tertiary/aromatic N) is 1. The van der Waals surface area contributed by atoms with Crippen LogP contribution in [0.3, 0.4) is 0 Å². The van der Waals surface area contributed by atoms with E-state index >= 15 is 0 Å². The summed E-state index contributed by atoms with van der Waals surface area (Å²) in [4.78, 5) is 14.6. The highest BCUT2D eigenvalue weighted by Crippen LogP contribution is 2.29. The van der Waals surface area contributed by atoms with Gasteiger partial charge in [0.2, 0.25) is 0 Å². The molecule has 2 aromatic rings. The smallest absolute Gasteiger partial charge is 0.251 e. The van der Waals surface area contributed by atoms with Crippen LogP contribution in [0.25, 0.3) is 0 Å². The number of furan rings is 1. The fraction of sp³-hybridized carbons (Fsp3) is 0.542. The van der Waals surface area contributed by atoms with Crippen LogP contribution in [0.2, 0.25) is 5.02 Å². The number of ether oxygens (including phenoxy) is 2. The van der Waals surface area contributed by atoms with Crippen molar-refractivity contribution in [1.29, 1.82) is 0 Å². The number of halogens is 1. The first kappa shape index (κ1) is 23.6. The number of methoxy groups -OCH3 is 1. The Hall–Kier alpha value is -2.02. The molecule has 1 saturated heterocycles. The van der Waals surface area contributed by atoms with E-state index in [1.165, 1.54) is 0 Å². The third-order valence-corrected chi connectivity index (χ3v) is 6.03. The van der Waals surface area contributed by atoms with Gasteiger partial charge >= 0.3 is 0 Å². The molecule has 1 aromatic heterocycles. The lowest BCUT2D eigenvalue weighted by Crippen LogP contribution is -2.39. The van der Waals surface area contributed by atoms with Crippen molar-refractivity contribution in [2.45, 2.75) is 45.1 Å². The van der Waals surface area contributed by atoms with Gasteiger partial charge in [0, 0.05) is 38.2 Å². The van der Waals surface area contributed by atoms with Crippen molar-refractivity contribution in [2.75, 3.05) is 39.9 Å². The molecule has 0 spiro atoms. The highest BCUT2D eigenvalue weighted by atomic mass is 35.5. The predicted octanol–water partition coefficient (Wildman–Crippen LogP) is 4.65. The summed E-state index contributed by atoms with van der Waals surface area (Å²) in [6.45, 7) is 8.21. The Kier molecular flexibility index (Phi) is 8.81. The zero-order valence-electron chi connectivity index (χ0n) is 18.7. The van der Waals surface area contributed by atoms with Crippen molar-refractivity contribution in [3.8, 4) is 5.75 Å². The van der Waals surface area contributed by atoms with Crippen molar-refractivity contribution in [1.82, 2.24) is 10.2 Å². The minimum atomic E-state index is -0.169. The Morgan fingerprint density at radius 2 is 2.06 bits per heavy atom. The number of aryl methyl sites for hydroxylation is 1. The van der Waals surface area contributed by atoms with Gasteiger partial charge in [0.15, 0.2) is 0 Å². The van der Waals surface area contributed by atoms with Crippen LogP contribution < -0.4 is 10.1 Å². The summed E-state index contributed by atoms with van der Waals surface area (Å²) >= 11 is 6.38. The first-order valence-corrected chi connectivity index (χ1v) is 11.4. The molecular formula is C24H33ClN2O4. The lowest BCUT2D eigenvalue weighted by molar-refractivity contribution is 0.0936. The van der Waals surface area contributed by atoms with E-state index in [1.807, 2.05) is 13.0 Å². The standard InChI is InChI=1S/C24H33ClN2O4/c1-17(22-6-4-18(2)30-22)8-12-27-13-9-20(10-14-27)31-23-7-5-19(16-21(23)25)24(28)26-11-15-29-3/h4-7,16-17,20H,8-15H2,1-3H3,(H,26,28). The molecule has 1 aliphatic heterocycles. The molecule has 7 heteroatoms. The van der Waals surface area contributed by atoms with Gasteiger partial charge < -0.3 is 24.1 Å². The van der Waals surface area contributed by atoms with Crippen LogP contribution in [0.15, 0.2) is 34.7 Å². The number of piperidine rings is 1. The number of hydrogen-bond donors (Lipinski definition) is 1. The maximum atomic E-state index is 12.1. The van der Waals surface area contributed by atoms with Crippen molar-refractivity contribution >= 4 is 17.5 Å². The Balaban J connectivity index is 1.42. The molecule has 31 heavy (non-hydrogen) atoms. The molecule has 0 aliphatic carbocycles. The number of rotatable bonds is 10. The molecule has 1 fully saturated rings. The molecule has 0 bridgehead atoms. The Labute approximate surface area is 189 Å². The largest absolute Gasteiger partial charge is 0.489 e. The van der Waals surface area contributed by atoms with Gasteiger partial charge in [-0.1, -0.05) is 18.5 Å². The third kappa shape index (κ3) is 6.99. The number of benzene rings is 1. The maximum Gasteiger partial charge on any atom is 0.251 e. The number of likely N-dealkylation sites (tertiary alicyclic amines) is 1. The van der Waals surface area contributed by atoms with Crippen molar-refractivity contribution in [2.24, 2.45) is 0 Å². The average Bonchev–Trinajstić information content (AvgIpc) is 3.21. The second-order valence-corrected chi connectivity index (χ2v) is 8.60. The summed E-state index contributed by atoms with van der Waals surface area (Å²) in [6.07, 6.45) is 3.14. The van der Waals surface area contributed by atoms with E-state index in [1.54, 1.807) is 25.3 Å². The van der Waals surface area contributed by atoms with E-state index < -0.39 is 0 Å². The van der Waals surface area contributed by atoms with Gasteiger partial charge in [-0.25, -0.2) is 0 Å². The molecule has 6 nitrogen and oxygen atoms in total. The molecule has 1 unspecified atom stereocenters. The van der Waals surface area contributed by atoms with Crippen molar-refractivity contribution in [3.05, 3.63) is 52.4 Å². The summed E-state index contributed by atoms with van der Waals surface area (Å²) in [5.41, 5.74) is 0.518. The van der Waals surface area contributed by atoms with Gasteiger partial charge in [-0.05, 0) is 63.1 Å². The maximum absolute atomic E-state index is 12.1. The lowest BCUT2D eigenvalue weighted by atomic mass is 10.0. The summed E-state index contributed by atoms with van der Waals surface area (Å²) in [6, 6.07) is 9.30. The Morgan fingerprint density at radius 1 is 1.29 bits per heavy atom. The van der Waals surface area contributed by atoms with Crippen LogP contribution in [-0.4, -0.2) is 56.8 Å². The number of nitrogens with one attached hydrogen (secondary N) is 1. The fourth-order valence-corrected chi connectivity index (χ4v) is 4.00. The number of hydrogen-bond acceptors (Lipinski definition) is 5. The molecule has 1 aliphatic rings. The number of carbonyl (C=O) groups is 1. The van der Waals surface area contributed by atoms with Gasteiger partial charge in [0.25, 0.3) is 5.91 Å². The zero-order valence-corrected chi connectivity index (χ0v) is 19.4. The fourth-order valence-electron chi connectivity index (χ4n) is 3.77. The molecule has 1 aromatic carbocycles. The SMILES string of the molecule is COCCNC(=O)c1ccc(OC2CCN(CCC(C)c3ccc(C)o3)CC2)c(Cl)c1. The normalized spacial score (nSPS) is 16.3. The van der Waals surface area contributed by atoms with E-state index in [-0.39, 0.29) is 12.0 Å². The van der Waals surface area contributed by atoms with E-state index in [0.717, 1.165) is 50.4 Å². The molecule has 1 atom stereocenters. The van der Waals surface area contributed by atoms with Crippen LogP contribution in [0.1, 0.15) is 54.0 Å². The molecule has 2 heterocycles. The van der Waals surface area contributed by atoms with Gasteiger partial charge in [-0.2, -0.15) is 0 Å². The summed E-state index contributed by atoms with van der Waals surface area (Å²) < 4.78 is 16.8. The average molecular weight is 449 g/mol. The Morgan fingerprint density at radius 3 is 2.71 bits per heavy atom. The highest BCUT2D eigenvalue weighted by molar-refractivity contribution is 6.32. The van der Waals surface area contributed by atoms with Gasteiger partial charge in [-0.3, -0.25) is 4.79 Å². The molecule has 3 rings (SSSR count). The molecule has 0 saturated carbocycles. The zero-order chi connectivity index (χ0) is 22.2. The lowest BCUT2D eigenvalue weighted by Gasteiger charge is -2.32. The van der Waals surface area contributed by atoms with Crippen molar-refractivity contribution < 1.29 is 18.7 Å². The highest BCUT2D eigenvalue weighted by Gasteiger charge is 2.22. The van der Waals surface area contributed by atoms with Crippen LogP contribution in [0, 0.1) is 6.92 Å². The van der Waals surface area contributed by atoms with Gasteiger partial charge in [0.1, 0.15) is 23.4 Å². The monoisotopic (exact) mass is 448 g/mol. The molecule has 1 amide bonds. The minimum absolute atomic E-state index is 0.139. The van der Waals surface area contributed by atoms with E-state index in [4.69, 9.17) is 25.5 Å². The van der Waals surface area contributed by atoms with Crippen molar-refractivity contribution in [3.63, 3.8) is 0 Å². The van der Waals surface area contributed by atoms with Gasteiger partial charge in [0.05, 0.1) is 11.6 Å².